The Balaban J connectivity index is 4.49. The van der Waals surface area contributed by atoms with Gasteiger partial charge in [0, 0.05) is 0 Å². The molecule has 0 aliphatic rings. The molecule has 0 aliphatic heterocycles. The Kier molecular flexibility index (Phi) is 16.7. The Bertz CT molecular complexity index is 530. The summed E-state index contributed by atoms with van der Waals surface area (Å²) in [7, 11) is 0. The first-order valence-electron chi connectivity index (χ1n) is 12.5. The van der Waals surface area contributed by atoms with E-state index in [4.69, 9.17) is 9.47 Å². The molecule has 32 heavy (non-hydrogen) atoms. The summed E-state index contributed by atoms with van der Waals surface area (Å²) in [6.45, 7) is 16.2. The highest BCUT2D eigenvalue weighted by atomic mass is 16.5. The van der Waals surface area contributed by atoms with Gasteiger partial charge in [0.1, 0.15) is 0 Å². The molecule has 0 saturated heterocycles. The van der Waals surface area contributed by atoms with Crippen LogP contribution in [0, 0.1) is 10.8 Å². The first-order chi connectivity index (χ1) is 15.3. The molecule has 0 aliphatic carbocycles. The van der Waals surface area contributed by atoms with Gasteiger partial charge in [0.2, 0.25) is 0 Å². The number of unbranched alkanes of at least 4 members (excludes halogenated alkanes) is 4. The molecule has 0 N–H and O–H groups in total. The largest absolute Gasteiger partial charge is 0.466 e. The van der Waals surface area contributed by atoms with Gasteiger partial charge in [-0.2, -0.15) is 0 Å². The Morgan fingerprint density at radius 1 is 0.656 bits per heavy atom. The van der Waals surface area contributed by atoms with E-state index in [9.17, 15) is 9.59 Å². The summed E-state index contributed by atoms with van der Waals surface area (Å²) in [4.78, 5) is 24.9. The zero-order valence-electron chi connectivity index (χ0n) is 21.3. The molecule has 0 spiro atoms. The van der Waals surface area contributed by atoms with Crippen LogP contribution in [0.5, 0.6) is 0 Å². The summed E-state index contributed by atoms with van der Waals surface area (Å²) in [5.41, 5.74) is -0.834. The van der Waals surface area contributed by atoms with Crippen LogP contribution in [0.2, 0.25) is 0 Å². The summed E-state index contributed by atoms with van der Waals surface area (Å²) in [6.07, 6.45) is 19.1. The molecule has 0 heterocycles. The second-order valence-electron chi connectivity index (χ2n) is 9.18. The number of hydrogen-bond donors (Lipinski definition) is 0. The average Bonchev–Trinajstić information content (AvgIpc) is 2.76. The molecule has 4 heteroatoms. The van der Waals surface area contributed by atoms with Crippen LogP contribution in [0.1, 0.15) is 105 Å². The van der Waals surface area contributed by atoms with Crippen molar-refractivity contribution in [2.45, 2.75) is 105 Å². The molecule has 0 aromatic rings. The molecule has 0 bridgehead atoms. The first kappa shape index (κ1) is 30.2. The Morgan fingerprint density at radius 2 is 0.969 bits per heavy atom. The van der Waals surface area contributed by atoms with Crippen molar-refractivity contribution in [2.75, 3.05) is 13.2 Å². The fourth-order valence-corrected chi connectivity index (χ4v) is 4.00. The molecule has 0 aromatic heterocycles. The number of ether oxygens (including phenoxy) is 2. The van der Waals surface area contributed by atoms with Gasteiger partial charge in [-0.15, -0.1) is 13.2 Å². The van der Waals surface area contributed by atoms with Crippen molar-refractivity contribution in [1.29, 1.82) is 0 Å². The Morgan fingerprint density at radius 3 is 1.25 bits per heavy atom. The van der Waals surface area contributed by atoms with E-state index in [1.807, 2.05) is 39.8 Å². The highest BCUT2D eigenvalue weighted by Gasteiger charge is 2.34. The van der Waals surface area contributed by atoms with E-state index >= 15 is 0 Å². The van der Waals surface area contributed by atoms with Gasteiger partial charge in [-0.1, -0.05) is 24.3 Å². The van der Waals surface area contributed by atoms with Crippen molar-refractivity contribution in [3.05, 3.63) is 37.5 Å². The summed E-state index contributed by atoms with van der Waals surface area (Å²) in [5, 5.41) is 0. The summed E-state index contributed by atoms with van der Waals surface area (Å²) < 4.78 is 10.7. The summed E-state index contributed by atoms with van der Waals surface area (Å²) >= 11 is 0. The number of carbonyl (C=O) groups excluding carboxylic acids is 2. The fraction of sp³-hybridized carbons (Fsp3) is 0.714. The van der Waals surface area contributed by atoms with E-state index in [1.165, 1.54) is 0 Å². The van der Waals surface area contributed by atoms with Crippen LogP contribution in [0.4, 0.5) is 0 Å². The first-order valence-corrected chi connectivity index (χ1v) is 12.5. The third-order valence-electron chi connectivity index (χ3n) is 6.18. The van der Waals surface area contributed by atoms with Crippen LogP contribution in [-0.4, -0.2) is 25.2 Å². The lowest BCUT2D eigenvalue weighted by Gasteiger charge is -2.27. The Labute approximate surface area is 197 Å². The highest BCUT2D eigenvalue weighted by Crippen LogP contribution is 2.33. The van der Waals surface area contributed by atoms with E-state index in [1.54, 1.807) is 0 Å². The number of esters is 2. The summed E-state index contributed by atoms with van der Waals surface area (Å²) in [6, 6.07) is 0. The lowest BCUT2D eigenvalue weighted by Crippen LogP contribution is -2.30. The normalized spacial score (nSPS) is 15.0. The van der Waals surface area contributed by atoms with Crippen molar-refractivity contribution in [1.82, 2.24) is 0 Å². The number of carbonyl (C=O) groups is 2. The zero-order chi connectivity index (χ0) is 24.3. The maximum atomic E-state index is 12.4. The lowest BCUT2D eigenvalue weighted by atomic mass is 9.80. The van der Waals surface area contributed by atoms with E-state index in [0.717, 1.165) is 77.0 Å². The molecule has 0 fully saturated rings. The molecular formula is C28H48O4. The molecule has 0 amide bonds. The van der Waals surface area contributed by atoms with Crippen LogP contribution < -0.4 is 0 Å². The molecule has 0 saturated carbocycles. The van der Waals surface area contributed by atoms with Gasteiger partial charge in [0.25, 0.3) is 0 Å². The third-order valence-corrected chi connectivity index (χ3v) is 6.18. The smallest absolute Gasteiger partial charge is 0.311 e. The number of allylic oxidation sites excluding steroid dienone is 4. The van der Waals surface area contributed by atoms with Gasteiger partial charge in [-0.25, -0.2) is 0 Å². The molecule has 2 unspecified atom stereocenters. The molecule has 4 nitrogen and oxygen atoms in total. The van der Waals surface area contributed by atoms with Gasteiger partial charge >= 0.3 is 11.9 Å². The average molecular weight is 449 g/mol. The quantitative estimate of drug-likeness (QED) is 0.109. The number of hydrogen-bond acceptors (Lipinski definition) is 4. The fourth-order valence-electron chi connectivity index (χ4n) is 4.00. The second kappa shape index (κ2) is 17.7. The van der Waals surface area contributed by atoms with Gasteiger partial charge in [0.15, 0.2) is 0 Å². The Hall–Kier alpha value is -1.84. The molecule has 2 atom stereocenters. The van der Waals surface area contributed by atoms with Crippen LogP contribution in [0.15, 0.2) is 37.5 Å². The van der Waals surface area contributed by atoms with Gasteiger partial charge in [-0.05, 0) is 105 Å². The van der Waals surface area contributed by atoms with Crippen molar-refractivity contribution < 1.29 is 19.1 Å². The minimum Gasteiger partial charge on any atom is -0.466 e. The maximum Gasteiger partial charge on any atom is 0.311 e. The minimum absolute atomic E-state index is 0.0808. The second-order valence-corrected chi connectivity index (χ2v) is 9.18. The molecule has 184 valence electrons. The number of rotatable bonds is 20. The van der Waals surface area contributed by atoms with Crippen molar-refractivity contribution in [3.8, 4) is 0 Å². The van der Waals surface area contributed by atoms with E-state index in [0.29, 0.717) is 13.2 Å². The predicted octanol–water partition coefficient (Wildman–Crippen LogP) is 7.73. The topological polar surface area (TPSA) is 52.6 Å². The van der Waals surface area contributed by atoms with Crippen LogP contribution >= 0.6 is 0 Å². The maximum absolute atomic E-state index is 12.4. The van der Waals surface area contributed by atoms with E-state index < -0.39 is 10.8 Å². The van der Waals surface area contributed by atoms with Crippen molar-refractivity contribution in [3.63, 3.8) is 0 Å². The SMILES string of the molecule is C=CCCCC(C)(CCCC=CCCCC(C)(CCCC=C)C(=O)OCC)C(=O)OCC. The van der Waals surface area contributed by atoms with Gasteiger partial charge in [0.05, 0.1) is 24.0 Å². The van der Waals surface area contributed by atoms with Gasteiger partial charge < -0.3 is 9.47 Å². The van der Waals surface area contributed by atoms with Crippen LogP contribution in [0.25, 0.3) is 0 Å². The zero-order valence-corrected chi connectivity index (χ0v) is 21.3. The molecule has 0 radical (unpaired) electrons. The van der Waals surface area contributed by atoms with Crippen molar-refractivity contribution in [2.24, 2.45) is 10.8 Å². The van der Waals surface area contributed by atoms with Crippen molar-refractivity contribution >= 4 is 11.9 Å². The van der Waals surface area contributed by atoms with E-state index in [2.05, 4.69) is 25.3 Å². The van der Waals surface area contributed by atoms with Gasteiger partial charge in [-0.3, -0.25) is 9.59 Å². The van der Waals surface area contributed by atoms with Crippen LogP contribution in [0.3, 0.4) is 0 Å². The molecule has 0 aromatic carbocycles. The summed E-state index contributed by atoms with van der Waals surface area (Å²) in [5.74, 6) is -0.162. The standard InChI is InChI=1S/C28H48O4/c1-7-11-17-21-27(5,25(29)31-9-3)23-19-15-13-14-16-20-24-28(6,22-18-12-8-2)26(30)32-10-4/h7-8,13-14H,1-2,9-12,15-24H2,3-6H3. The molecular weight excluding hydrogens is 400 g/mol. The van der Waals surface area contributed by atoms with Crippen LogP contribution in [-0.2, 0) is 19.1 Å². The minimum atomic E-state index is -0.417. The predicted molar refractivity (Wildman–Crippen MR) is 134 cm³/mol. The lowest BCUT2D eigenvalue weighted by molar-refractivity contribution is -0.156. The third kappa shape index (κ3) is 12.3. The monoisotopic (exact) mass is 448 g/mol. The molecule has 0 rings (SSSR count). The van der Waals surface area contributed by atoms with E-state index in [-0.39, 0.29) is 11.9 Å². The highest BCUT2D eigenvalue weighted by molar-refractivity contribution is 5.76.